The van der Waals surface area contributed by atoms with E-state index in [1.165, 1.54) is 5.56 Å². The summed E-state index contributed by atoms with van der Waals surface area (Å²) in [5.41, 5.74) is 2.26. The van der Waals surface area contributed by atoms with E-state index in [0.717, 1.165) is 11.8 Å². The molecule has 0 radical (unpaired) electrons. The number of hydrogen-bond acceptors (Lipinski definition) is 3. The topological polar surface area (TPSA) is 39.4 Å². The number of para-hydroxylation sites is 1. The van der Waals surface area contributed by atoms with E-state index in [2.05, 4.69) is 12.1 Å². The number of hydrogen-bond donors (Lipinski definition) is 0. The van der Waals surface area contributed by atoms with Crippen LogP contribution in [0.1, 0.15) is 11.1 Å². The largest absolute Gasteiger partial charge is 0.492 e. The van der Waals surface area contributed by atoms with Crippen molar-refractivity contribution in [3.05, 3.63) is 76.1 Å². The van der Waals surface area contributed by atoms with E-state index in [9.17, 15) is 4.79 Å². The molecule has 110 valence electrons. The summed E-state index contributed by atoms with van der Waals surface area (Å²) in [6.07, 6.45) is 1.62. The van der Waals surface area contributed by atoms with Crippen molar-refractivity contribution in [2.75, 3.05) is 6.61 Å². The minimum Gasteiger partial charge on any atom is -0.492 e. The maximum atomic E-state index is 12.2. The highest BCUT2D eigenvalue weighted by Crippen LogP contribution is 2.33. The maximum Gasteiger partial charge on any atom is 0.343 e. The molecule has 0 spiro atoms. The summed E-state index contributed by atoms with van der Waals surface area (Å²) in [5.74, 6) is 1.01. The molecule has 2 aromatic carbocycles. The van der Waals surface area contributed by atoms with Crippen LogP contribution in [0.2, 0.25) is 0 Å². The van der Waals surface area contributed by atoms with E-state index in [4.69, 9.17) is 9.15 Å². The molecule has 0 saturated heterocycles. The van der Waals surface area contributed by atoms with E-state index >= 15 is 0 Å². The molecule has 0 amide bonds. The van der Waals surface area contributed by atoms with Crippen LogP contribution in [-0.4, -0.2) is 6.61 Å². The van der Waals surface area contributed by atoms with Crippen molar-refractivity contribution < 1.29 is 9.15 Å². The summed E-state index contributed by atoms with van der Waals surface area (Å²) < 4.78 is 11.4. The number of fused-ring (bicyclic) bond motifs is 3. The lowest BCUT2D eigenvalue weighted by Crippen LogP contribution is -2.27. The molecule has 1 aromatic heterocycles. The molecular weight excluding hydrogens is 276 g/mol. The zero-order valence-corrected chi connectivity index (χ0v) is 12.1. The van der Waals surface area contributed by atoms with Crippen LogP contribution in [0.3, 0.4) is 0 Å². The molecule has 1 atom stereocenters. The summed E-state index contributed by atoms with van der Waals surface area (Å²) in [7, 11) is 0. The number of benzene rings is 2. The third-order valence-corrected chi connectivity index (χ3v) is 4.18. The van der Waals surface area contributed by atoms with Crippen LogP contribution >= 0.6 is 0 Å². The fourth-order valence-corrected chi connectivity index (χ4v) is 3.13. The molecule has 1 unspecified atom stereocenters. The van der Waals surface area contributed by atoms with Crippen LogP contribution in [0.25, 0.3) is 11.0 Å². The van der Waals surface area contributed by atoms with Gasteiger partial charge in [-0.05, 0) is 30.5 Å². The first-order valence-electron chi connectivity index (χ1n) is 7.53. The zero-order chi connectivity index (χ0) is 14.9. The van der Waals surface area contributed by atoms with Gasteiger partial charge < -0.3 is 9.15 Å². The number of rotatable bonds is 2. The highest BCUT2D eigenvalue weighted by molar-refractivity contribution is 5.84. The van der Waals surface area contributed by atoms with E-state index in [-0.39, 0.29) is 5.63 Å². The van der Waals surface area contributed by atoms with E-state index in [1.54, 1.807) is 6.07 Å². The minimum atomic E-state index is -0.272. The van der Waals surface area contributed by atoms with Gasteiger partial charge >= 0.3 is 5.63 Å². The Bertz CT molecular complexity index is 865. The molecule has 22 heavy (non-hydrogen) atoms. The van der Waals surface area contributed by atoms with Crippen molar-refractivity contribution in [1.82, 2.24) is 0 Å². The molecule has 0 saturated carbocycles. The van der Waals surface area contributed by atoms with Gasteiger partial charge in [0.2, 0.25) is 0 Å². The molecule has 3 aromatic rings. The molecule has 0 aliphatic carbocycles. The van der Waals surface area contributed by atoms with Gasteiger partial charge in [0.15, 0.2) is 0 Å². The summed E-state index contributed by atoms with van der Waals surface area (Å²) in [6.45, 7) is 0.634. The molecule has 0 fully saturated rings. The van der Waals surface area contributed by atoms with E-state index in [0.29, 0.717) is 35.8 Å². The van der Waals surface area contributed by atoms with Gasteiger partial charge in [-0.2, -0.15) is 0 Å². The smallest absolute Gasteiger partial charge is 0.343 e. The Hall–Kier alpha value is -2.55. The van der Waals surface area contributed by atoms with Gasteiger partial charge in [0, 0.05) is 5.92 Å². The Morgan fingerprint density at radius 2 is 1.77 bits per heavy atom. The first-order chi connectivity index (χ1) is 10.8. The van der Waals surface area contributed by atoms with Gasteiger partial charge in [-0.1, -0.05) is 42.5 Å². The van der Waals surface area contributed by atoms with Crippen molar-refractivity contribution in [1.29, 1.82) is 0 Å². The minimum absolute atomic E-state index is 0.272. The predicted octanol–water partition coefficient (Wildman–Crippen LogP) is 3.59. The fraction of sp³-hybridized carbons (Fsp3) is 0.211. The van der Waals surface area contributed by atoms with Crippen molar-refractivity contribution in [2.24, 2.45) is 5.92 Å². The van der Waals surface area contributed by atoms with Gasteiger partial charge in [0.25, 0.3) is 0 Å². The Balaban J connectivity index is 1.69. The van der Waals surface area contributed by atoms with Crippen molar-refractivity contribution in [3.63, 3.8) is 0 Å². The molecule has 3 nitrogen and oxygen atoms in total. The lowest BCUT2D eigenvalue weighted by atomic mass is 9.91. The highest BCUT2D eigenvalue weighted by atomic mass is 16.5. The second kappa shape index (κ2) is 5.34. The van der Waals surface area contributed by atoms with Crippen molar-refractivity contribution in [2.45, 2.75) is 12.8 Å². The maximum absolute atomic E-state index is 12.2. The van der Waals surface area contributed by atoms with Crippen molar-refractivity contribution >= 4 is 11.0 Å². The molecule has 2 heterocycles. The van der Waals surface area contributed by atoms with Crippen LogP contribution in [-0.2, 0) is 12.8 Å². The van der Waals surface area contributed by atoms with Gasteiger partial charge in [-0.3, -0.25) is 0 Å². The molecule has 4 rings (SSSR count). The monoisotopic (exact) mass is 292 g/mol. The molecule has 0 bridgehead atoms. The van der Waals surface area contributed by atoms with Gasteiger partial charge in [-0.15, -0.1) is 0 Å². The van der Waals surface area contributed by atoms with Crippen LogP contribution in [0.4, 0.5) is 0 Å². The fourth-order valence-electron chi connectivity index (χ4n) is 3.13. The SMILES string of the molecule is O=c1oc2ccccc2c2c1CC(Cc1ccccc1)CO2. The quantitative estimate of drug-likeness (QED) is 0.678. The highest BCUT2D eigenvalue weighted by Gasteiger charge is 2.25. The van der Waals surface area contributed by atoms with Gasteiger partial charge in [0.1, 0.15) is 11.3 Å². The summed E-state index contributed by atoms with van der Waals surface area (Å²) in [4.78, 5) is 12.2. The summed E-state index contributed by atoms with van der Waals surface area (Å²) in [6, 6.07) is 17.8. The Morgan fingerprint density at radius 1 is 1.00 bits per heavy atom. The lowest BCUT2D eigenvalue weighted by Gasteiger charge is -2.25. The van der Waals surface area contributed by atoms with Crippen LogP contribution in [0, 0.1) is 5.92 Å². The Labute approximate surface area is 128 Å². The normalized spacial score (nSPS) is 17.0. The van der Waals surface area contributed by atoms with Crippen LogP contribution in [0.5, 0.6) is 5.75 Å². The number of ether oxygens (including phenoxy) is 1. The lowest BCUT2D eigenvalue weighted by molar-refractivity contribution is 0.220. The van der Waals surface area contributed by atoms with Gasteiger partial charge in [0.05, 0.1) is 17.6 Å². The summed E-state index contributed by atoms with van der Waals surface area (Å²) in [5, 5.41) is 0.885. The van der Waals surface area contributed by atoms with Crippen molar-refractivity contribution in [3.8, 4) is 5.75 Å². The molecule has 3 heteroatoms. The molecule has 1 aliphatic heterocycles. The third-order valence-electron chi connectivity index (χ3n) is 4.18. The van der Waals surface area contributed by atoms with Crippen LogP contribution in [0.15, 0.2) is 63.8 Å². The third kappa shape index (κ3) is 2.29. The predicted molar refractivity (Wildman–Crippen MR) is 85.3 cm³/mol. The Morgan fingerprint density at radius 3 is 2.64 bits per heavy atom. The van der Waals surface area contributed by atoms with E-state index in [1.807, 2.05) is 36.4 Å². The zero-order valence-electron chi connectivity index (χ0n) is 12.1. The first-order valence-corrected chi connectivity index (χ1v) is 7.53. The van der Waals surface area contributed by atoms with Crippen LogP contribution < -0.4 is 10.4 Å². The average Bonchev–Trinajstić information content (AvgIpc) is 2.56. The molecule has 1 aliphatic rings. The second-order valence-electron chi connectivity index (χ2n) is 5.76. The first kappa shape index (κ1) is 13.1. The second-order valence-corrected chi connectivity index (χ2v) is 5.76. The Kier molecular flexibility index (Phi) is 3.19. The van der Waals surface area contributed by atoms with Gasteiger partial charge in [-0.25, -0.2) is 4.79 Å². The summed E-state index contributed by atoms with van der Waals surface area (Å²) >= 11 is 0. The standard InChI is InChI=1S/C19H16O3/c20-19-16-11-14(10-13-6-2-1-3-7-13)12-21-18(16)15-8-4-5-9-17(15)22-19/h1-9,14H,10-12H2. The average molecular weight is 292 g/mol. The molecular formula is C19H16O3. The van der Waals surface area contributed by atoms with E-state index < -0.39 is 0 Å². The molecule has 0 N–H and O–H groups in total.